The van der Waals surface area contributed by atoms with E-state index in [1.807, 2.05) is 61.5 Å². The van der Waals surface area contributed by atoms with Crippen molar-refractivity contribution in [1.29, 1.82) is 0 Å². The highest BCUT2D eigenvalue weighted by Gasteiger charge is 2.32. The van der Waals surface area contributed by atoms with Crippen LogP contribution >= 0.6 is 0 Å². The van der Waals surface area contributed by atoms with Crippen LogP contribution in [0.25, 0.3) is 0 Å². The zero-order chi connectivity index (χ0) is 27.5. The second kappa shape index (κ2) is 14.5. The van der Waals surface area contributed by atoms with E-state index in [9.17, 15) is 14.0 Å². The minimum absolute atomic E-state index is 0.0277. The van der Waals surface area contributed by atoms with Crippen molar-refractivity contribution < 1.29 is 18.7 Å². The summed E-state index contributed by atoms with van der Waals surface area (Å²) < 4.78 is 20.6. The van der Waals surface area contributed by atoms with Crippen molar-refractivity contribution in [3.05, 3.63) is 101 Å². The second-order valence-corrected chi connectivity index (χ2v) is 10.4. The minimum atomic E-state index is -0.751. The van der Waals surface area contributed by atoms with Gasteiger partial charge in [0.25, 0.3) is 0 Å². The lowest BCUT2D eigenvalue weighted by Gasteiger charge is -2.33. The molecule has 0 bridgehead atoms. The monoisotopic (exact) mass is 530 g/mol. The summed E-state index contributed by atoms with van der Waals surface area (Å²) in [5, 5.41) is 3.22. The lowest BCUT2D eigenvalue weighted by Crippen LogP contribution is -2.53. The van der Waals surface area contributed by atoms with Crippen LogP contribution in [-0.4, -0.2) is 35.4 Å². The lowest BCUT2D eigenvalue weighted by atomic mass is 9.94. The lowest BCUT2D eigenvalue weighted by molar-refractivity contribution is -0.141. The molecule has 1 atom stereocenters. The van der Waals surface area contributed by atoms with Crippen LogP contribution in [0.2, 0.25) is 0 Å². The molecule has 4 rings (SSSR count). The van der Waals surface area contributed by atoms with E-state index in [0.717, 1.165) is 42.6 Å². The van der Waals surface area contributed by atoms with Gasteiger partial charge in [-0.15, -0.1) is 0 Å². The van der Waals surface area contributed by atoms with Gasteiger partial charge >= 0.3 is 0 Å². The van der Waals surface area contributed by atoms with Crippen LogP contribution in [0.3, 0.4) is 0 Å². The van der Waals surface area contributed by atoms with Gasteiger partial charge in [-0.05, 0) is 49.9 Å². The Labute approximate surface area is 231 Å². The molecular weight excluding hydrogens is 491 g/mol. The Morgan fingerprint density at radius 2 is 1.64 bits per heavy atom. The number of halogens is 1. The molecule has 0 heterocycles. The summed E-state index contributed by atoms with van der Waals surface area (Å²) in [4.78, 5) is 29.0. The number of benzene rings is 3. The molecule has 1 aliphatic rings. The quantitative estimate of drug-likeness (QED) is 0.276. The largest absolute Gasteiger partial charge is 0.494 e. The van der Waals surface area contributed by atoms with Crippen LogP contribution in [-0.2, 0) is 22.6 Å². The normalized spacial score (nSPS) is 14.4. The van der Waals surface area contributed by atoms with Crippen molar-refractivity contribution in [2.75, 3.05) is 6.61 Å². The zero-order valence-corrected chi connectivity index (χ0v) is 22.8. The maximum atomic E-state index is 14.7. The third-order valence-electron chi connectivity index (χ3n) is 7.35. The molecule has 6 heteroatoms. The number of carbonyl (C=O) groups excluding carboxylic acids is 2. The van der Waals surface area contributed by atoms with Gasteiger partial charge in [0.05, 0.1) is 6.61 Å². The number of ether oxygens (including phenoxy) is 1. The Hall–Kier alpha value is -3.67. The molecule has 0 aromatic heterocycles. The number of aryl methyl sites for hydroxylation is 1. The first-order valence-corrected chi connectivity index (χ1v) is 14.1. The number of carbonyl (C=O) groups is 2. The summed E-state index contributed by atoms with van der Waals surface area (Å²) in [5.41, 5.74) is 2.50. The summed E-state index contributed by atoms with van der Waals surface area (Å²) in [6.07, 6.45) is 6.30. The maximum absolute atomic E-state index is 14.7. The molecule has 2 amide bonds. The highest BCUT2D eigenvalue weighted by molar-refractivity contribution is 5.88. The predicted octanol–water partition coefficient (Wildman–Crippen LogP) is 6.38. The van der Waals surface area contributed by atoms with Gasteiger partial charge in [0.2, 0.25) is 11.8 Å². The van der Waals surface area contributed by atoms with E-state index in [2.05, 4.69) is 5.32 Å². The third kappa shape index (κ3) is 8.67. The average molecular weight is 531 g/mol. The fourth-order valence-corrected chi connectivity index (χ4v) is 5.10. The standard InChI is InChI=1S/C33H39FN2O3/c1-25-18-20-29(21-19-25)39-22-10-17-32(37)36(24-27-13-8-9-16-30(27)34)31(23-26-11-4-2-5-12-26)33(38)35-28-14-6-3-7-15-28/h2,4-5,8-9,11-13,16,18-21,28,31H,3,6-7,10,14-15,17,22-24H2,1H3,(H,35,38)/t31-/m0/s1. The Bertz CT molecular complexity index is 1190. The molecule has 0 aliphatic heterocycles. The number of hydrogen-bond acceptors (Lipinski definition) is 3. The van der Waals surface area contributed by atoms with E-state index in [1.54, 1.807) is 23.1 Å². The van der Waals surface area contributed by atoms with E-state index in [0.29, 0.717) is 25.0 Å². The van der Waals surface area contributed by atoms with Crippen LogP contribution in [0.15, 0.2) is 78.9 Å². The molecule has 1 saturated carbocycles. The minimum Gasteiger partial charge on any atom is -0.494 e. The molecular formula is C33H39FN2O3. The topological polar surface area (TPSA) is 58.6 Å². The van der Waals surface area contributed by atoms with E-state index >= 15 is 0 Å². The number of nitrogens with one attached hydrogen (secondary N) is 1. The summed E-state index contributed by atoms with van der Waals surface area (Å²) in [5.74, 6) is 0.00561. The number of amides is 2. The predicted molar refractivity (Wildman–Crippen MR) is 152 cm³/mol. The van der Waals surface area contributed by atoms with Crippen molar-refractivity contribution >= 4 is 11.8 Å². The summed E-state index contributed by atoms with van der Waals surface area (Å²) >= 11 is 0. The van der Waals surface area contributed by atoms with Crippen molar-refractivity contribution in [1.82, 2.24) is 10.2 Å². The van der Waals surface area contributed by atoms with Crippen LogP contribution in [0.1, 0.15) is 61.6 Å². The molecule has 39 heavy (non-hydrogen) atoms. The summed E-state index contributed by atoms with van der Waals surface area (Å²) in [6.45, 7) is 2.42. The van der Waals surface area contributed by atoms with Crippen LogP contribution in [0, 0.1) is 12.7 Å². The molecule has 1 aliphatic carbocycles. The van der Waals surface area contributed by atoms with Crippen LogP contribution in [0.5, 0.6) is 5.75 Å². The number of rotatable bonds is 12. The van der Waals surface area contributed by atoms with Crippen molar-refractivity contribution in [3.8, 4) is 5.75 Å². The summed E-state index contributed by atoms with van der Waals surface area (Å²) in [7, 11) is 0. The van der Waals surface area contributed by atoms with Gasteiger partial charge in [0, 0.05) is 31.0 Å². The van der Waals surface area contributed by atoms with Gasteiger partial charge in [0.15, 0.2) is 0 Å². The van der Waals surface area contributed by atoms with Crippen molar-refractivity contribution in [3.63, 3.8) is 0 Å². The molecule has 0 saturated heterocycles. The maximum Gasteiger partial charge on any atom is 0.243 e. The van der Waals surface area contributed by atoms with Crippen LogP contribution < -0.4 is 10.1 Å². The van der Waals surface area contributed by atoms with Crippen LogP contribution in [0.4, 0.5) is 4.39 Å². The van der Waals surface area contributed by atoms with Gasteiger partial charge < -0.3 is 15.0 Å². The first-order chi connectivity index (χ1) is 19.0. The Kier molecular flexibility index (Phi) is 10.5. The van der Waals surface area contributed by atoms with Gasteiger partial charge in [-0.3, -0.25) is 9.59 Å². The molecule has 3 aromatic rings. The average Bonchev–Trinajstić information content (AvgIpc) is 2.96. The first-order valence-electron chi connectivity index (χ1n) is 14.1. The highest BCUT2D eigenvalue weighted by Crippen LogP contribution is 2.21. The molecule has 3 aromatic carbocycles. The third-order valence-corrected chi connectivity index (χ3v) is 7.35. The molecule has 5 nitrogen and oxygen atoms in total. The second-order valence-electron chi connectivity index (χ2n) is 10.4. The molecule has 1 N–H and O–H groups in total. The Morgan fingerprint density at radius 3 is 2.36 bits per heavy atom. The smallest absolute Gasteiger partial charge is 0.243 e. The highest BCUT2D eigenvalue weighted by atomic mass is 19.1. The molecule has 1 fully saturated rings. The van der Waals surface area contributed by atoms with Gasteiger partial charge in [-0.1, -0.05) is 85.5 Å². The van der Waals surface area contributed by atoms with Gasteiger partial charge in [-0.25, -0.2) is 4.39 Å². The number of hydrogen-bond donors (Lipinski definition) is 1. The summed E-state index contributed by atoms with van der Waals surface area (Å²) in [6, 6.07) is 23.3. The Morgan fingerprint density at radius 1 is 0.949 bits per heavy atom. The van der Waals surface area contributed by atoms with Gasteiger partial charge in [0.1, 0.15) is 17.6 Å². The van der Waals surface area contributed by atoms with Crippen molar-refractivity contribution in [2.24, 2.45) is 0 Å². The van der Waals surface area contributed by atoms with E-state index < -0.39 is 6.04 Å². The van der Waals surface area contributed by atoms with E-state index in [-0.39, 0.29) is 36.6 Å². The molecule has 206 valence electrons. The fraction of sp³-hybridized carbons (Fsp3) is 0.394. The molecule has 0 radical (unpaired) electrons. The fourth-order valence-electron chi connectivity index (χ4n) is 5.10. The molecule has 0 spiro atoms. The Balaban J connectivity index is 1.52. The van der Waals surface area contributed by atoms with E-state index in [1.165, 1.54) is 12.5 Å². The van der Waals surface area contributed by atoms with E-state index in [4.69, 9.17) is 4.74 Å². The van der Waals surface area contributed by atoms with Crippen molar-refractivity contribution in [2.45, 2.75) is 76.9 Å². The first kappa shape index (κ1) is 28.3. The molecule has 0 unspecified atom stereocenters. The zero-order valence-electron chi connectivity index (χ0n) is 22.8. The SMILES string of the molecule is Cc1ccc(OCCCC(=O)N(Cc2ccccc2F)[C@@H](Cc2ccccc2)C(=O)NC2CCCCC2)cc1. The van der Waals surface area contributed by atoms with Gasteiger partial charge in [-0.2, -0.15) is 0 Å². The number of nitrogens with zero attached hydrogens (tertiary/aromatic N) is 1.